The number of β-lactam (4-membered cyclic amide) rings is 1. The quantitative estimate of drug-likeness (QED) is 0.812. The van der Waals surface area contributed by atoms with Gasteiger partial charge in [0, 0.05) is 5.03 Å². The van der Waals surface area contributed by atoms with Gasteiger partial charge in [0.2, 0.25) is 5.91 Å². The number of hydrogen-bond acceptors (Lipinski definition) is 3. The molecule has 0 bridgehead atoms. The van der Waals surface area contributed by atoms with Crippen molar-refractivity contribution in [3.05, 3.63) is 46.6 Å². The molecule has 1 saturated heterocycles. The lowest BCUT2D eigenvalue weighted by molar-refractivity contribution is -0.156. The predicted molar refractivity (Wildman–Crippen MR) is 87.2 cm³/mol. The van der Waals surface area contributed by atoms with Gasteiger partial charge in [-0.2, -0.15) is 0 Å². The molecule has 2 N–H and O–H groups in total. The van der Waals surface area contributed by atoms with Gasteiger partial charge in [0.05, 0.1) is 12.0 Å². The second-order valence-electron chi connectivity index (χ2n) is 5.99. The molecule has 0 aliphatic carbocycles. The highest BCUT2D eigenvalue weighted by Crippen LogP contribution is 2.38. The third kappa shape index (κ3) is 2.67. The van der Waals surface area contributed by atoms with Gasteiger partial charge in [-0.3, -0.25) is 14.5 Å². The standard InChI is InChI=1S/C17H17ClN2O4/c1-9(10-5-3-2-4-6-10)15(21)19-13-12-8-7-11(18)14(17(23)24)20(12)16(13)22/h2-6,9,12-13H,7-8H2,1H3,(H,19,21)(H,23,24)/t9?,12-,13+/m1/s1. The van der Waals surface area contributed by atoms with Gasteiger partial charge < -0.3 is 10.4 Å². The van der Waals surface area contributed by atoms with Crippen LogP contribution >= 0.6 is 11.6 Å². The molecule has 1 aromatic rings. The monoisotopic (exact) mass is 348 g/mol. The molecule has 0 aromatic heterocycles. The first-order chi connectivity index (χ1) is 11.4. The fraction of sp³-hybridized carbons (Fsp3) is 0.353. The zero-order valence-corrected chi connectivity index (χ0v) is 13.8. The van der Waals surface area contributed by atoms with E-state index in [1.165, 1.54) is 4.90 Å². The molecule has 2 amide bonds. The Hall–Kier alpha value is -2.34. The number of rotatable bonds is 4. The largest absolute Gasteiger partial charge is 0.477 e. The lowest BCUT2D eigenvalue weighted by Gasteiger charge is -2.49. The summed E-state index contributed by atoms with van der Waals surface area (Å²) in [6, 6.07) is 8.23. The van der Waals surface area contributed by atoms with Crippen molar-refractivity contribution < 1.29 is 19.5 Å². The molecule has 0 radical (unpaired) electrons. The first-order valence-corrected chi connectivity index (χ1v) is 8.10. The number of hydrogen-bond donors (Lipinski definition) is 2. The van der Waals surface area contributed by atoms with Gasteiger partial charge in [0.25, 0.3) is 5.91 Å². The van der Waals surface area contributed by atoms with Crippen LogP contribution in [0, 0.1) is 0 Å². The first kappa shape index (κ1) is 16.5. The van der Waals surface area contributed by atoms with E-state index in [0.717, 1.165) is 5.56 Å². The van der Waals surface area contributed by atoms with Crippen molar-refractivity contribution in [1.82, 2.24) is 10.2 Å². The van der Waals surface area contributed by atoms with E-state index in [0.29, 0.717) is 12.8 Å². The minimum Gasteiger partial charge on any atom is -0.477 e. The van der Waals surface area contributed by atoms with Gasteiger partial charge >= 0.3 is 5.97 Å². The Morgan fingerprint density at radius 2 is 2.00 bits per heavy atom. The summed E-state index contributed by atoms with van der Waals surface area (Å²) < 4.78 is 0. The maximum Gasteiger partial charge on any atom is 0.353 e. The van der Waals surface area contributed by atoms with E-state index >= 15 is 0 Å². The number of allylic oxidation sites excluding steroid dienone is 1. The van der Waals surface area contributed by atoms with Crippen LogP contribution in [0.5, 0.6) is 0 Å². The Bertz CT molecular complexity index is 731. The normalized spacial score (nSPS) is 24.1. The second kappa shape index (κ2) is 6.28. The number of carbonyl (C=O) groups is 3. The summed E-state index contributed by atoms with van der Waals surface area (Å²) in [5.41, 5.74) is 0.691. The van der Waals surface area contributed by atoms with Crippen LogP contribution < -0.4 is 5.32 Å². The number of carbonyl (C=O) groups excluding carboxylic acids is 2. The summed E-state index contributed by atoms with van der Waals surface area (Å²) in [5, 5.41) is 12.2. The fourth-order valence-electron chi connectivity index (χ4n) is 3.19. The summed E-state index contributed by atoms with van der Waals surface area (Å²) in [4.78, 5) is 37.2. The molecule has 3 rings (SSSR count). The maximum absolute atomic E-state index is 12.4. The molecule has 24 heavy (non-hydrogen) atoms. The SMILES string of the molecule is CC(C(=O)N[C@@H]1C(=O)N2C(C(=O)O)=C(Cl)CC[C@H]12)c1ccccc1. The third-order valence-electron chi connectivity index (χ3n) is 4.57. The number of nitrogens with one attached hydrogen (secondary N) is 1. The number of carboxylic acids is 1. The number of amides is 2. The van der Waals surface area contributed by atoms with Crippen molar-refractivity contribution in [3.63, 3.8) is 0 Å². The zero-order valence-electron chi connectivity index (χ0n) is 13.0. The number of benzene rings is 1. The Morgan fingerprint density at radius 1 is 1.33 bits per heavy atom. The Morgan fingerprint density at radius 3 is 2.62 bits per heavy atom. The number of carboxylic acid groups (broad SMARTS) is 1. The van der Waals surface area contributed by atoms with E-state index in [1.54, 1.807) is 6.92 Å². The Balaban J connectivity index is 1.71. The Kier molecular flexibility index (Phi) is 4.32. The van der Waals surface area contributed by atoms with Crippen LogP contribution in [0.1, 0.15) is 31.2 Å². The molecule has 2 aliphatic rings. The number of nitrogens with zero attached hydrogens (tertiary/aromatic N) is 1. The molecule has 1 unspecified atom stereocenters. The summed E-state index contributed by atoms with van der Waals surface area (Å²) in [7, 11) is 0. The lowest BCUT2D eigenvalue weighted by atomic mass is 9.86. The minimum absolute atomic E-state index is 0.167. The second-order valence-corrected chi connectivity index (χ2v) is 6.45. The van der Waals surface area contributed by atoms with E-state index < -0.39 is 23.8 Å². The first-order valence-electron chi connectivity index (χ1n) is 7.72. The fourth-order valence-corrected chi connectivity index (χ4v) is 3.47. The summed E-state index contributed by atoms with van der Waals surface area (Å²) in [5.74, 6) is -2.30. The molecule has 6 nitrogen and oxygen atoms in total. The molecule has 0 spiro atoms. The van der Waals surface area contributed by atoms with Crippen molar-refractivity contribution >= 4 is 29.4 Å². The highest BCUT2D eigenvalue weighted by Gasteiger charge is 2.53. The topological polar surface area (TPSA) is 86.7 Å². The summed E-state index contributed by atoms with van der Waals surface area (Å²) in [6.45, 7) is 1.77. The van der Waals surface area contributed by atoms with Gasteiger partial charge in [-0.25, -0.2) is 4.79 Å². The highest BCUT2D eigenvalue weighted by atomic mass is 35.5. The van der Waals surface area contributed by atoms with Crippen LogP contribution in [0.15, 0.2) is 41.1 Å². The van der Waals surface area contributed by atoms with Crippen LogP contribution in [-0.4, -0.2) is 39.9 Å². The van der Waals surface area contributed by atoms with E-state index in [2.05, 4.69) is 5.32 Å². The van der Waals surface area contributed by atoms with E-state index in [1.807, 2.05) is 30.3 Å². The van der Waals surface area contributed by atoms with Crippen LogP contribution in [0.25, 0.3) is 0 Å². The molecule has 2 aliphatic heterocycles. The average molecular weight is 349 g/mol. The number of aliphatic carboxylic acids is 1. The predicted octanol–water partition coefficient (Wildman–Crippen LogP) is 1.81. The smallest absolute Gasteiger partial charge is 0.353 e. The highest BCUT2D eigenvalue weighted by molar-refractivity contribution is 6.32. The van der Waals surface area contributed by atoms with Crippen LogP contribution in [-0.2, 0) is 14.4 Å². The molecule has 7 heteroatoms. The van der Waals surface area contributed by atoms with Crippen molar-refractivity contribution in [3.8, 4) is 0 Å². The van der Waals surface area contributed by atoms with Gasteiger partial charge in [-0.05, 0) is 25.3 Å². The van der Waals surface area contributed by atoms with Gasteiger partial charge in [-0.15, -0.1) is 0 Å². The van der Waals surface area contributed by atoms with E-state index in [4.69, 9.17) is 11.6 Å². The van der Waals surface area contributed by atoms with Crippen LogP contribution in [0.4, 0.5) is 0 Å². The van der Waals surface area contributed by atoms with Crippen LogP contribution in [0.3, 0.4) is 0 Å². The average Bonchev–Trinajstić information content (AvgIpc) is 2.59. The maximum atomic E-state index is 12.4. The van der Waals surface area contributed by atoms with Crippen molar-refractivity contribution in [2.75, 3.05) is 0 Å². The van der Waals surface area contributed by atoms with Crippen molar-refractivity contribution in [2.24, 2.45) is 0 Å². The van der Waals surface area contributed by atoms with Crippen LogP contribution in [0.2, 0.25) is 0 Å². The molecule has 3 atom stereocenters. The van der Waals surface area contributed by atoms with Gasteiger partial charge in [-0.1, -0.05) is 41.9 Å². The number of fused-ring (bicyclic) bond motifs is 1. The Labute approximate surface area is 144 Å². The molecule has 2 heterocycles. The van der Waals surface area contributed by atoms with E-state index in [-0.39, 0.29) is 22.7 Å². The zero-order chi connectivity index (χ0) is 17.4. The van der Waals surface area contributed by atoms with Gasteiger partial charge in [0.1, 0.15) is 11.7 Å². The molecule has 126 valence electrons. The molecule has 1 fully saturated rings. The lowest BCUT2D eigenvalue weighted by Crippen LogP contribution is -2.71. The molecular formula is C17H17ClN2O4. The molecule has 0 saturated carbocycles. The third-order valence-corrected chi connectivity index (χ3v) is 4.94. The molecule has 1 aromatic carbocycles. The van der Waals surface area contributed by atoms with Crippen molar-refractivity contribution in [2.45, 2.75) is 37.8 Å². The van der Waals surface area contributed by atoms with Gasteiger partial charge in [0.15, 0.2) is 0 Å². The number of halogens is 1. The van der Waals surface area contributed by atoms with E-state index in [9.17, 15) is 19.5 Å². The molecular weight excluding hydrogens is 332 g/mol. The van der Waals surface area contributed by atoms with Crippen molar-refractivity contribution in [1.29, 1.82) is 0 Å². The summed E-state index contributed by atoms with van der Waals surface area (Å²) in [6.07, 6.45) is 0.921. The minimum atomic E-state index is -1.22. The summed E-state index contributed by atoms with van der Waals surface area (Å²) >= 11 is 5.94.